The molecule has 5 heteroatoms. The van der Waals surface area contributed by atoms with Gasteiger partial charge in [0.05, 0.1) is 5.69 Å². The number of pyridine rings is 1. The van der Waals surface area contributed by atoms with Crippen LogP contribution in [0.4, 0.5) is 0 Å². The fourth-order valence-corrected chi connectivity index (χ4v) is 1.78. The molecule has 2 rings (SSSR count). The molecule has 0 amide bonds. The summed E-state index contributed by atoms with van der Waals surface area (Å²) >= 11 is 6.00. The number of hydrogen-bond donors (Lipinski definition) is 0. The molecule has 4 nitrogen and oxygen atoms in total. The molecule has 0 N–H and O–H groups in total. The molecule has 0 unspecified atom stereocenters. The summed E-state index contributed by atoms with van der Waals surface area (Å²) in [5.41, 5.74) is 2.70. The Balaban J connectivity index is 2.35. The first kappa shape index (κ1) is 12.9. The SMILES string of the molecule is CCOCc1nc(Cl)cc(-c2ccnc(C)c2)n1. The highest BCUT2D eigenvalue weighted by Gasteiger charge is 2.06. The second kappa shape index (κ2) is 5.89. The number of ether oxygens (including phenoxy) is 1. The Morgan fingerprint density at radius 1 is 1.28 bits per heavy atom. The molecule has 2 heterocycles. The lowest BCUT2D eigenvalue weighted by molar-refractivity contribution is 0.128. The van der Waals surface area contributed by atoms with Gasteiger partial charge in [-0.3, -0.25) is 4.98 Å². The molecule has 2 aromatic rings. The molecule has 0 fully saturated rings. The third kappa shape index (κ3) is 3.24. The maximum atomic E-state index is 6.00. The van der Waals surface area contributed by atoms with E-state index in [1.165, 1.54) is 0 Å². The zero-order chi connectivity index (χ0) is 13.0. The average molecular weight is 264 g/mol. The van der Waals surface area contributed by atoms with Crippen molar-refractivity contribution < 1.29 is 4.74 Å². The van der Waals surface area contributed by atoms with Crippen LogP contribution in [0.3, 0.4) is 0 Å². The second-order valence-corrected chi connectivity index (χ2v) is 4.20. The minimum atomic E-state index is 0.369. The topological polar surface area (TPSA) is 47.9 Å². The number of aryl methyl sites for hydroxylation is 1. The van der Waals surface area contributed by atoms with Crippen molar-refractivity contribution in [3.05, 3.63) is 41.1 Å². The van der Waals surface area contributed by atoms with Crippen LogP contribution in [0, 0.1) is 6.92 Å². The van der Waals surface area contributed by atoms with E-state index in [2.05, 4.69) is 15.0 Å². The average Bonchev–Trinajstić information content (AvgIpc) is 2.36. The molecule has 0 aromatic carbocycles. The quantitative estimate of drug-likeness (QED) is 0.796. The van der Waals surface area contributed by atoms with Crippen molar-refractivity contribution in [2.75, 3.05) is 6.61 Å². The Morgan fingerprint density at radius 2 is 2.11 bits per heavy atom. The Morgan fingerprint density at radius 3 is 2.83 bits per heavy atom. The first-order valence-electron chi connectivity index (χ1n) is 5.73. The highest BCUT2D eigenvalue weighted by molar-refractivity contribution is 6.29. The van der Waals surface area contributed by atoms with E-state index in [9.17, 15) is 0 Å². The molecule has 18 heavy (non-hydrogen) atoms. The number of nitrogens with zero attached hydrogens (tertiary/aromatic N) is 3. The summed E-state index contributed by atoms with van der Waals surface area (Å²) in [5.74, 6) is 0.591. The van der Waals surface area contributed by atoms with Crippen molar-refractivity contribution in [2.45, 2.75) is 20.5 Å². The molecule has 0 aliphatic rings. The molecule has 0 spiro atoms. The molecular formula is C13H14ClN3O. The molecule has 0 bridgehead atoms. The van der Waals surface area contributed by atoms with E-state index in [1.807, 2.05) is 26.0 Å². The van der Waals surface area contributed by atoms with Gasteiger partial charge in [-0.05, 0) is 26.0 Å². The van der Waals surface area contributed by atoms with E-state index < -0.39 is 0 Å². The van der Waals surface area contributed by atoms with Crippen LogP contribution in [0.15, 0.2) is 24.4 Å². The predicted octanol–water partition coefficient (Wildman–Crippen LogP) is 3.04. The van der Waals surface area contributed by atoms with Crippen molar-refractivity contribution in [2.24, 2.45) is 0 Å². The van der Waals surface area contributed by atoms with E-state index in [4.69, 9.17) is 16.3 Å². The van der Waals surface area contributed by atoms with Crippen LogP contribution in [0.2, 0.25) is 5.15 Å². The minimum Gasteiger partial charge on any atom is -0.374 e. The molecule has 2 aromatic heterocycles. The third-order valence-electron chi connectivity index (χ3n) is 2.37. The Hall–Kier alpha value is -1.52. The molecule has 0 radical (unpaired) electrons. The largest absolute Gasteiger partial charge is 0.374 e. The van der Waals surface area contributed by atoms with Gasteiger partial charge in [0.15, 0.2) is 5.82 Å². The standard InChI is InChI=1S/C13H14ClN3O/c1-3-18-8-13-16-11(7-12(14)17-13)10-4-5-15-9(2)6-10/h4-7H,3,8H2,1-2H3. The van der Waals surface area contributed by atoms with E-state index in [1.54, 1.807) is 12.3 Å². The van der Waals surface area contributed by atoms with Crippen LogP contribution >= 0.6 is 11.6 Å². The highest BCUT2D eigenvalue weighted by atomic mass is 35.5. The van der Waals surface area contributed by atoms with Crippen LogP contribution in [-0.2, 0) is 11.3 Å². The summed E-state index contributed by atoms with van der Waals surface area (Å²) < 4.78 is 5.29. The second-order valence-electron chi connectivity index (χ2n) is 3.82. The van der Waals surface area contributed by atoms with Crippen molar-refractivity contribution in [1.82, 2.24) is 15.0 Å². The van der Waals surface area contributed by atoms with Gasteiger partial charge in [-0.25, -0.2) is 9.97 Å². The summed E-state index contributed by atoms with van der Waals surface area (Å²) in [4.78, 5) is 12.7. The first-order chi connectivity index (χ1) is 8.69. The Kier molecular flexibility index (Phi) is 4.23. The molecule has 0 aliphatic carbocycles. The lowest BCUT2D eigenvalue weighted by atomic mass is 10.1. The smallest absolute Gasteiger partial charge is 0.156 e. The first-order valence-corrected chi connectivity index (χ1v) is 6.11. The van der Waals surface area contributed by atoms with Crippen LogP contribution in [0.25, 0.3) is 11.3 Å². The van der Waals surface area contributed by atoms with Gasteiger partial charge in [0.1, 0.15) is 11.8 Å². The molecule has 0 atom stereocenters. The van der Waals surface area contributed by atoms with Gasteiger partial charge in [0.25, 0.3) is 0 Å². The number of hydrogen-bond acceptors (Lipinski definition) is 4. The summed E-state index contributed by atoms with van der Waals surface area (Å²) in [7, 11) is 0. The van der Waals surface area contributed by atoms with Crippen molar-refractivity contribution >= 4 is 11.6 Å². The van der Waals surface area contributed by atoms with E-state index >= 15 is 0 Å². The summed E-state index contributed by atoms with van der Waals surface area (Å²) in [6, 6.07) is 5.60. The third-order valence-corrected chi connectivity index (χ3v) is 2.56. The molecule has 94 valence electrons. The summed E-state index contributed by atoms with van der Waals surface area (Å²) in [5, 5.41) is 0.421. The fraction of sp³-hybridized carbons (Fsp3) is 0.308. The fourth-order valence-electron chi connectivity index (χ4n) is 1.58. The van der Waals surface area contributed by atoms with Crippen LogP contribution in [0.5, 0.6) is 0 Å². The van der Waals surface area contributed by atoms with Gasteiger partial charge >= 0.3 is 0 Å². The van der Waals surface area contributed by atoms with Crippen LogP contribution < -0.4 is 0 Å². The van der Waals surface area contributed by atoms with Crippen molar-refractivity contribution in [1.29, 1.82) is 0 Å². The monoisotopic (exact) mass is 263 g/mol. The van der Waals surface area contributed by atoms with Crippen molar-refractivity contribution in [3.63, 3.8) is 0 Å². The Bertz CT molecular complexity index is 546. The number of halogens is 1. The van der Waals surface area contributed by atoms with E-state index in [-0.39, 0.29) is 0 Å². The normalized spacial score (nSPS) is 10.6. The van der Waals surface area contributed by atoms with Gasteiger partial charge in [-0.1, -0.05) is 11.6 Å². The van der Waals surface area contributed by atoms with E-state index in [0.717, 1.165) is 17.0 Å². The lowest BCUT2D eigenvalue weighted by Crippen LogP contribution is -2.00. The van der Waals surface area contributed by atoms with Gasteiger partial charge in [0.2, 0.25) is 0 Å². The zero-order valence-corrected chi connectivity index (χ0v) is 11.1. The van der Waals surface area contributed by atoms with Gasteiger partial charge in [-0.2, -0.15) is 0 Å². The molecule has 0 aliphatic heterocycles. The molecule has 0 saturated heterocycles. The summed E-state index contributed by atoms with van der Waals surface area (Å²) in [6.07, 6.45) is 1.75. The molecule has 0 saturated carbocycles. The minimum absolute atomic E-state index is 0.369. The van der Waals surface area contributed by atoms with Gasteiger partial charge in [-0.15, -0.1) is 0 Å². The van der Waals surface area contributed by atoms with Gasteiger partial charge < -0.3 is 4.74 Å². The maximum Gasteiger partial charge on any atom is 0.156 e. The van der Waals surface area contributed by atoms with Crippen LogP contribution in [0.1, 0.15) is 18.4 Å². The lowest BCUT2D eigenvalue weighted by Gasteiger charge is -2.06. The Labute approximate surface area is 111 Å². The number of rotatable bonds is 4. The van der Waals surface area contributed by atoms with Crippen LogP contribution in [-0.4, -0.2) is 21.6 Å². The van der Waals surface area contributed by atoms with Crippen molar-refractivity contribution in [3.8, 4) is 11.3 Å². The summed E-state index contributed by atoms with van der Waals surface area (Å²) in [6.45, 7) is 4.86. The van der Waals surface area contributed by atoms with Gasteiger partial charge in [0, 0.05) is 30.1 Å². The number of aromatic nitrogens is 3. The maximum absolute atomic E-state index is 6.00. The zero-order valence-electron chi connectivity index (χ0n) is 10.4. The van der Waals surface area contributed by atoms with E-state index in [0.29, 0.717) is 24.2 Å². The highest BCUT2D eigenvalue weighted by Crippen LogP contribution is 2.20. The predicted molar refractivity (Wildman–Crippen MR) is 70.3 cm³/mol. The molecular weight excluding hydrogens is 250 g/mol.